The van der Waals surface area contributed by atoms with Crippen molar-refractivity contribution < 1.29 is 14.6 Å². The Morgan fingerprint density at radius 3 is 2.19 bits per heavy atom. The number of aliphatic carboxylic acids is 1. The lowest BCUT2D eigenvalue weighted by Crippen LogP contribution is -2.29. The maximum atomic E-state index is 10.5. The van der Waals surface area contributed by atoms with Crippen molar-refractivity contribution in [2.24, 2.45) is 5.73 Å². The highest BCUT2D eigenvalue weighted by atomic mass is 16.5. The van der Waals surface area contributed by atoms with Gasteiger partial charge in [0.25, 0.3) is 0 Å². The molecule has 0 amide bonds. The van der Waals surface area contributed by atoms with Crippen LogP contribution in [0.4, 0.5) is 0 Å². The molecule has 0 radical (unpaired) electrons. The van der Waals surface area contributed by atoms with E-state index in [1.807, 2.05) is 30.3 Å². The Bertz CT molecular complexity index is 381. The number of ether oxygens (including phenoxy) is 1. The molecule has 1 unspecified atom stereocenters. The number of carbonyl (C=O) groups is 1. The zero-order valence-electron chi connectivity index (χ0n) is 12.7. The summed E-state index contributed by atoms with van der Waals surface area (Å²) in [5.74, 6) is 0.0423. The Hall–Kier alpha value is -1.55. The molecule has 0 bridgehead atoms. The van der Waals surface area contributed by atoms with E-state index in [0.717, 1.165) is 38.0 Å². The van der Waals surface area contributed by atoms with Crippen LogP contribution in [0.2, 0.25) is 0 Å². The maximum Gasteiger partial charge on any atom is 0.320 e. The molecule has 0 aliphatic carbocycles. The van der Waals surface area contributed by atoms with Gasteiger partial charge in [0.15, 0.2) is 0 Å². The van der Waals surface area contributed by atoms with Crippen molar-refractivity contribution in [1.29, 1.82) is 0 Å². The topological polar surface area (TPSA) is 72.5 Å². The van der Waals surface area contributed by atoms with Crippen LogP contribution in [0, 0.1) is 0 Å². The van der Waals surface area contributed by atoms with Crippen molar-refractivity contribution in [3.63, 3.8) is 0 Å². The van der Waals surface area contributed by atoms with Crippen LogP contribution in [-0.2, 0) is 4.79 Å². The molecule has 0 saturated carbocycles. The van der Waals surface area contributed by atoms with E-state index in [4.69, 9.17) is 15.6 Å². The second kappa shape index (κ2) is 11.1. The van der Waals surface area contributed by atoms with E-state index in [1.54, 1.807) is 0 Å². The molecule has 0 spiro atoms. The van der Waals surface area contributed by atoms with Gasteiger partial charge in [-0.15, -0.1) is 0 Å². The number of carboxylic acid groups (broad SMARTS) is 1. The van der Waals surface area contributed by atoms with E-state index in [9.17, 15) is 4.79 Å². The number of carboxylic acids is 1. The first-order chi connectivity index (χ1) is 10.2. The quantitative estimate of drug-likeness (QED) is 0.578. The van der Waals surface area contributed by atoms with Crippen LogP contribution in [0.3, 0.4) is 0 Å². The van der Waals surface area contributed by atoms with Crippen LogP contribution in [0.15, 0.2) is 30.3 Å². The summed E-state index contributed by atoms with van der Waals surface area (Å²) in [7, 11) is 0. The first kappa shape index (κ1) is 17.5. The first-order valence-electron chi connectivity index (χ1n) is 7.86. The first-order valence-corrected chi connectivity index (χ1v) is 7.86. The van der Waals surface area contributed by atoms with E-state index < -0.39 is 12.0 Å². The lowest BCUT2D eigenvalue weighted by Gasteiger charge is -2.06. The summed E-state index contributed by atoms with van der Waals surface area (Å²) in [6, 6.07) is 9.19. The summed E-state index contributed by atoms with van der Waals surface area (Å²) in [5, 5.41) is 8.65. The molecule has 118 valence electrons. The Labute approximate surface area is 127 Å². The van der Waals surface area contributed by atoms with Crippen molar-refractivity contribution in [1.82, 2.24) is 0 Å². The van der Waals surface area contributed by atoms with E-state index in [2.05, 4.69) is 0 Å². The number of unbranched alkanes of at least 4 members (excludes halogenated alkanes) is 6. The van der Waals surface area contributed by atoms with Crippen LogP contribution < -0.4 is 10.5 Å². The van der Waals surface area contributed by atoms with Gasteiger partial charge in [-0.2, -0.15) is 0 Å². The highest BCUT2D eigenvalue weighted by Gasteiger charge is 2.09. The van der Waals surface area contributed by atoms with Crippen molar-refractivity contribution in [2.75, 3.05) is 6.61 Å². The summed E-state index contributed by atoms with van der Waals surface area (Å²) >= 11 is 0. The van der Waals surface area contributed by atoms with Crippen molar-refractivity contribution in [2.45, 2.75) is 57.4 Å². The average Bonchev–Trinajstić information content (AvgIpc) is 2.49. The third-order valence-corrected chi connectivity index (χ3v) is 3.49. The van der Waals surface area contributed by atoms with Crippen molar-refractivity contribution in [3.8, 4) is 5.75 Å². The van der Waals surface area contributed by atoms with Gasteiger partial charge >= 0.3 is 5.97 Å². The molecule has 21 heavy (non-hydrogen) atoms. The minimum atomic E-state index is -0.895. The van der Waals surface area contributed by atoms with Crippen molar-refractivity contribution in [3.05, 3.63) is 30.3 Å². The zero-order valence-corrected chi connectivity index (χ0v) is 12.7. The molecule has 0 aliphatic rings. The highest BCUT2D eigenvalue weighted by molar-refractivity contribution is 5.72. The molecule has 1 aromatic carbocycles. The van der Waals surface area contributed by atoms with Gasteiger partial charge in [-0.3, -0.25) is 4.79 Å². The SMILES string of the molecule is NC(CCCCCCCCCOc1ccccc1)C(=O)O. The van der Waals surface area contributed by atoms with E-state index in [0.29, 0.717) is 6.42 Å². The predicted octanol–water partition coefficient (Wildman–Crippen LogP) is 3.60. The molecular weight excluding hydrogens is 266 g/mol. The highest BCUT2D eigenvalue weighted by Crippen LogP contribution is 2.11. The third kappa shape index (κ3) is 9.08. The minimum Gasteiger partial charge on any atom is -0.494 e. The van der Waals surface area contributed by atoms with Crippen LogP contribution in [-0.4, -0.2) is 23.7 Å². The molecule has 0 aliphatic heterocycles. The van der Waals surface area contributed by atoms with E-state index in [1.165, 1.54) is 19.3 Å². The minimum absolute atomic E-state index is 0.584. The summed E-state index contributed by atoms with van der Waals surface area (Å²) in [4.78, 5) is 10.5. The molecule has 1 rings (SSSR count). The van der Waals surface area contributed by atoms with Gasteiger partial charge in [0.2, 0.25) is 0 Å². The van der Waals surface area contributed by atoms with Crippen LogP contribution in [0.25, 0.3) is 0 Å². The third-order valence-electron chi connectivity index (χ3n) is 3.49. The predicted molar refractivity (Wildman–Crippen MR) is 84.5 cm³/mol. The summed E-state index contributed by atoms with van der Waals surface area (Å²) in [5.41, 5.74) is 5.45. The van der Waals surface area contributed by atoms with Crippen molar-refractivity contribution >= 4 is 5.97 Å². The maximum absolute atomic E-state index is 10.5. The lowest BCUT2D eigenvalue weighted by molar-refractivity contribution is -0.138. The molecule has 4 nitrogen and oxygen atoms in total. The molecule has 0 heterocycles. The summed E-state index contributed by atoms with van der Waals surface area (Å²) in [6.45, 7) is 0.775. The number of hydrogen-bond donors (Lipinski definition) is 2. The normalized spacial score (nSPS) is 12.0. The molecule has 1 atom stereocenters. The molecular formula is C17H27NO3. The number of benzene rings is 1. The van der Waals surface area contributed by atoms with Gasteiger partial charge in [0, 0.05) is 0 Å². The van der Waals surface area contributed by atoms with Gasteiger partial charge in [-0.1, -0.05) is 56.7 Å². The second-order valence-electron chi connectivity index (χ2n) is 5.37. The van der Waals surface area contributed by atoms with Crippen LogP contribution in [0.5, 0.6) is 5.75 Å². The van der Waals surface area contributed by atoms with Gasteiger partial charge in [0.05, 0.1) is 6.61 Å². The average molecular weight is 293 g/mol. The standard InChI is InChI=1S/C17H27NO3/c18-16(17(19)20)13-9-4-2-1-3-5-10-14-21-15-11-7-6-8-12-15/h6-8,11-12,16H,1-5,9-10,13-14,18H2,(H,19,20). The second-order valence-corrected chi connectivity index (χ2v) is 5.37. The molecule has 3 N–H and O–H groups in total. The fourth-order valence-electron chi connectivity index (χ4n) is 2.18. The van der Waals surface area contributed by atoms with Crippen LogP contribution in [0.1, 0.15) is 51.4 Å². The van der Waals surface area contributed by atoms with Gasteiger partial charge in [-0.05, 0) is 25.0 Å². The molecule has 0 saturated heterocycles. The number of hydrogen-bond acceptors (Lipinski definition) is 3. The fraction of sp³-hybridized carbons (Fsp3) is 0.588. The summed E-state index contributed by atoms with van der Waals surface area (Å²) in [6.07, 6.45) is 8.40. The number of para-hydroxylation sites is 1. The zero-order chi connectivity index (χ0) is 15.3. The molecule has 0 fully saturated rings. The van der Waals surface area contributed by atoms with Gasteiger partial charge in [0.1, 0.15) is 11.8 Å². The largest absolute Gasteiger partial charge is 0.494 e. The smallest absolute Gasteiger partial charge is 0.320 e. The number of rotatable bonds is 12. The summed E-state index contributed by atoms with van der Waals surface area (Å²) < 4.78 is 5.63. The Morgan fingerprint density at radius 1 is 1.00 bits per heavy atom. The molecule has 4 heteroatoms. The van der Waals surface area contributed by atoms with E-state index in [-0.39, 0.29) is 0 Å². The van der Waals surface area contributed by atoms with Gasteiger partial charge < -0.3 is 15.6 Å². The fourth-order valence-corrected chi connectivity index (χ4v) is 2.18. The lowest BCUT2D eigenvalue weighted by atomic mass is 10.1. The van der Waals surface area contributed by atoms with Gasteiger partial charge in [-0.25, -0.2) is 0 Å². The van der Waals surface area contributed by atoms with Crippen LogP contribution >= 0.6 is 0 Å². The Kier molecular flexibility index (Phi) is 9.29. The number of nitrogens with two attached hydrogens (primary N) is 1. The molecule has 1 aromatic rings. The molecule has 0 aromatic heterocycles. The van der Waals surface area contributed by atoms with E-state index >= 15 is 0 Å². The Balaban J connectivity index is 1.84. The Morgan fingerprint density at radius 2 is 1.57 bits per heavy atom. The monoisotopic (exact) mass is 293 g/mol.